The summed E-state index contributed by atoms with van der Waals surface area (Å²) in [6.45, 7) is 6.82. The van der Waals surface area contributed by atoms with Crippen molar-refractivity contribution in [1.29, 1.82) is 0 Å². The van der Waals surface area contributed by atoms with Gasteiger partial charge in [-0.1, -0.05) is 102 Å². The molecular weight excluding hydrogens is 601 g/mol. The minimum absolute atomic E-state index is 0.136. The van der Waals surface area contributed by atoms with Crippen molar-refractivity contribution in [1.82, 2.24) is 9.97 Å². The number of carbonyl (C=O) groups is 1. The maximum Gasteiger partial charge on any atom is 0.348 e. The van der Waals surface area contributed by atoms with Gasteiger partial charge in [0, 0.05) is 18.0 Å². The lowest BCUT2D eigenvalue weighted by Crippen LogP contribution is -2.34. The Morgan fingerprint density at radius 2 is 1.36 bits per heavy atom. The van der Waals surface area contributed by atoms with Gasteiger partial charge in [0.05, 0.1) is 5.56 Å². The molecule has 3 rings (SSSR count). The van der Waals surface area contributed by atoms with E-state index in [9.17, 15) is 13.6 Å². The van der Waals surface area contributed by atoms with E-state index < -0.39 is 30.1 Å². The number of hydrogen-bond donors (Lipinski definition) is 0. The van der Waals surface area contributed by atoms with E-state index in [1.54, 1.807) is 54.9 Å². The van der Waals surface area contributed by atoms with Crippen LogP contribution in [0.25, 0.3) is 22.5 Å². The third kappa shape index (κ3) is 12.6. The van der Waals surface area contributed by atoms with E-state index in [0.717, 1.165) is 68.9 Å². The largest absolute Gasteiger partial charge is 0.487 e. The second-order valence-corrected chi connectivity index (χ2v) is 12.8. The van der Waals surface area contributed by atoms with E-state index in [-0.39, 0.29) is 12.2 Å². The van der Waals surface area contributed by atoms with Gasteiger partial charge in [-0.05, 0) is 69.4 Å². The van der Waals surface area contributed by atoms with E-state index in [1.807, 2.05) is 6.07 Å². The van der Waals surface area contributed by atoms with Gasteiger partial charge >= 0.3 is 5.97 Å². The van der Waals surface area contributed by atoms with Crippen molar-refractivity contribution < 1.29 is 27.4 Å². The predicted molar refractivity (Wildman–Crippen MR) is 184 cm³/mol. The summed E-state index contributed by atoms with van der Waals surface area (Å²) in [5.74, 6) is 0.173. The Labute approximate surface area is 279 Å². The molecular formula is C39H53F3N2O3. The summed E-state index contributed by atoms with van der Waals surface area (Å²) in [5.41, 5.74) is 0.0474. The average Bonchev–Trinajstić information content (AvgIpc) is 3.07. The standard InChI is InChI=1S/C39H53F3N2O3/c1-5-7-9-11-13-15-21-35(36(41)29(3)40)47-34-20-17-16-19-33(34)37-43-27-31(28-44-37)30-22-24-32(25-23-30)46-38(45)39(4,42)26-18-14-12-10-8-6-2/h16-17,19-20,22-25,27-29,35-36H,5-15,18,21,26H2,1-4H3. The number of esters is 1. The summed E-state index contributed by atoms with van der Waals surface area (Å²) in [6.07, 6.45) is 11.9. The molecule has 2 aromatic carbocycles. The number of nitrogens with zero attached hydrogens (tertiary/aromatic N) is 2. The highest BCUT2D eigenvalue weighted by Crippen LogP contribution is 2.32. The van der Waals surface area contributed by atoms with Crippen molar-refractivity contribution in [3.63, 3.8) is 0 Å². The summed E-state index contributed by atoms with van der Waals surface area (Å²) in [4.78, 5) is 21.6. The van der Waals surface area contributed by atoms with Gasteiger partial charge in [0.25, 0.3) is 0 Å². The number of unbranched alkanes of at least 4 members (excludes halogenated alkanes) is 10. The third-order valence-electron chi connectivity index (χ3n) is 8.52. The molecule has 0 aliphatic rings. The van der Waals surface area contributed by atoms with Crippen LogP contribution in [0.3, 0.4) is 0 Å². The van der Waals surface area contributed by atoms with Gasteiger partial charge in [-0.3, -0.25) is 0 Å². The van der Waals surface area contributed by atoms with E-state index in [4.69, 9.17) is 9.47 Å². The summed E-state index contributed by atoms with van der Waals surface area (Å²) in [5, 5.41) is 0. The zero-order valence-electron chi connectivity index (χ0n) is 28.7. The summed E-state index contributed by atoms with van der Waals surface area (Å²) in [6, 6.07) is 13.9. The maximum absolute atomic E-state index is 15.0. The molecule has 0 saturated carbocycles. The number of benzene rings is 2. The molecule has 0 spiro atoms. The Bertz CT molecular complexity index is 1320. The van der Waals surface area contributed by atoms with Crippen LogP contribution in [-0.2, 0) is 4.79 Å². The van der Waals surface area contributed by atoms with E-state index in [0.29, 0.717) is 30.0 Å². The number of carbonyl (C=O) groups excluding carboxylic acids is 1. The summed E-state index contributed by atoms with van der Waals surface area (Å²) >= 11 is 0. The molecule has 0 amide bonds. The quantitative estimate of drug-likeness (QED) is 0.0613. The van der Waals surface area contributed by atoms with Crippen molar-refractivity contribution >= 4 is 5.97 Å². The average molecular weight is 655 g/mol. The first-order valence-electron chi connectivity index (χ1n) is 17.5. The molecule has 258 valence electrons. The van der Waals surface area contributed by atoms with Crippen molar-refractivity contribution in [2.75, 3.05) is 0 Å². The lowest BCUT2D eigenvalue weighted by molar-refractivity contribution is -0.147. The number of para-hydroxylation sites is 1. The van der Waals surface area contributed by atoms with Crippen LogP contribution in [0.5, 0.6) is 11.5 Å². The molecule has 0 bridgehead atoms. The molecule has 0 aliphatic heterocycles. The Kier molecular flexibility index (Phi) is 16.2. The Hall–Kier alpha value is -3.42. The van der Waals surface area contributed by atoms with Crippen LogP contribution < -0.4 is 9.47 Å². The summed E-state index contributed by atoms with van der Waals surface area (Å²) < 4.78 is 55.5. The molecule has 4 unspecified atom stereocenters. The number of halogens is 3. The highest BCUT2D eigenvalue weighted by molar-refractivity contribution is 5.81. The highest BCUT2D eigenvalue weighted by Gasteiger charge is 2.34. The second-order valence-electron chi connectivity index (χ2n) is 12.8. The predicted octanol–water partition coefficient (Wildman–Crippen LogP) is 11.4. The van der Waals surface area contributed by atoms with Crippen molar-refractivity contribution in [2.24, 2.45) is 0 Å². The van der Waals surface area contributed by atoms with Gasteiger partial charge in [0.1, 0.15) is 23.8 Å². The molecule has 47 heavy (non-hydrogen) atoms. The van der Waals surface area contributed by atoms with Gasteiger partial charge in [-0.2, -0.15) is 0 Å². The molecule has 1 aromatic heterocycles. The molecule has 1 heterocycles. The second kappa shape index (κ2) is 20.1. The van der Waals surface area contributed by atoms with Crippen molar-refractivity contribution in [2.45, 2.75) is 142 Å². The van der Waals surface area contributed by atoms with Gasteiger partial charge in [-0.15, -0.1) is 0 Å². The van der Waals surface area contributed by atoms with Crippen LogP contribution in [0, 0.1) is 0 Å². The number of rotatable bonds is 22. The fraction of sp³-hybridized carbons (Fsp3) is 0.564. The Balaban J connectivity index is 1.63. The minimum Gasteiger partial charge on any atom is -0.487 e. The smallest absolute Gasteiger partial charge is 0.348 e. The molecule has 0 aliphatic carbocycles. The zero-order valence-corrected chi connectivity index (χ0v) is 28.7. The number of hydrogen-bond acceptors (Lipinski definition) is 5. The first kappa shape index (κ1) is 38.0. The zero-order chi connectivity index (χ0) is 34.1. The lowest BCUT2D eigenvalue weighted by atomic mass is 9.99. The molecule has 0 fully saturated rings. The van der Waals surface area contributed by atoms with Gasteiger partial charge in [-0.25, -0.2) is 27.9 Å². The van der Waals surface area contributed by atoms with E-state index in [1.165, 1.54) is 26.7 Å². The highest BCUT2D eigenvalue weighted by atomic mass is 19.2. The van der Waals surface area contributed by atoms with Crippen molar-refractivity contribution in [3.05, 3.63) is 60.9 Å². The molecule has 3 aromatic rings. The van der Waals surface area contributed by atoms with Crippen LogP contribution in [0.15, 0.2) is 60.9 Å². The SMILES string of the molecule is CCCCCCCCC(Oc1ccccc1-c1ncc(-c2ccc(OC(=O)C(C)(F)CCCCCCCC)cc2)cn1)C(F)C(C)F. The molecule has 0 N–H and O–H groups in total. The number of aromatic nitrogens is 2. The van der Waals surface area contributed by atoms with Crippen LogP contribution in [0.1, 0.15) is 118 Å². The molecule has 8 heteroatoms. The molecule has 0 saturated heterocycles. The lowest BCUT2D eigenvalue weighted by Gasteiger charge is -2.24. The first-order valence-corrected chi connectivity index (χ1v) is 17.5. The summed E-state index contributed by atoms with van der Waals surface area (Å²) in [7, 11) is 0. The molecule has 5 nitrogen and oxygen atoms in total. The monoisotopic (exact) mass is 654 g/mol. The topological polar surface area (TPSA) is 61.3 Å². The maximum atomic E-state index is 15.0. The van der Waals surface area contributed by atoms with Gasteiger partial charge in [0.2, 0.25) is 5.67 Å². The van der Waals surface area contributed by atoms with Crippen LogP contribution >= 0.6 is 0 Å². The van der Waals surface area contributed by atoms with Crippen molar-refractivity contribution in [3.8, 4) is 34.0 Å². The fourth-order valence-electron chi connectivity index (χ4n) is 5.51. The Morgan fingerprint density at radius 3 is 1.98 bits per heavy atom. The van der Waals surface area contributed by atoms with E-state index in [2.05, 4.69) is 23.8 Å². The third-order valence-corrected chi connectivity index (χ3v) is 8.52. The molecule has 4 atom stereocenters. The molecule has 0 radical (unpaired) electrons. The number of ether oxygens (including phenoxy) is 2. The van der Waals surface area contributed by atoms with Gasteiger partial charge in [0.15, 0.2) is 12.0 Å². The first-order chi connectivity index (χ1) is 22.7. The van der Waals surface area contributed by atoms with Crippen LogP contribution in [-0.4, -0.2) is 40.1 Å². The van der Waals surface area contributed by atoms with E-state index >= 15 is 4.39 Å². The normalized spacial score (nSPS) is 14.6. The number of alkyl halides is 3. The minimum atomic E-state index is -2.05. The van der Waals surface area contributed by atoms with Crippen LogP contribution in [0.2, 0.25) is 0 Å². The van der Waals surface area contributed by atoms with Crippen LogP contribution in [0.4, 0.5) is 13.2 Å². The fourth-order valence-corrected chi connectivity index (χ4v) is 5.51. The Morgan fingerprint density at radius 1 is 0.787 bits per heavy atom. The van der Waals surface area contributed by atoms with Gasteiger partial charge < -0.3 is 9.47 Å².